The fourth-order valence-electron chi connectivity index (χ4n) is 0.0152. The van der Waals surface area contributed by atoms with Crippen molar-refractivity contribution in [3.05, 3.63) is 0 Å². The molecule has 0 aromatic rings. The molecule has 36 valence electrons. The van der Waals surface area contributed by atoms with Crippen molar-refractivity contribution in [2.24, 2.45) is 0 Å². The summed E-state index contributed by atoms with van der Waals surface area (Å²) in [4.78, 5) is 0. The van der Waals surface area contributed by atoms with Gasteiger partial charge in [0.1, 0.15) is 0 Å². The van der Waals surface area contributed by atoms with Crippen LogP contribution in [0.25, 0.3) is 0 Å². The summed E-state index contributed by atoms with van der Waals surface area (Å²) in [5.41, 5.74) is 0. The predicted octanol–water partition coefficient (Wildman–Crippen LogP) is 1.26. The summed E-state index contributed by atoms with van der Waals surface area (Å²) in [5, 5.41) is 0. The molecule has 0 nitrogen and oxygen atoms in total. The van der Waals surface area contributed by atoms with Gasteiger partial charge in [-0.2, -0.15) is 0 Å². The van der Waals surface area contributed by atoms with Crippen molar-refractivity contribution in [2.45, 2.75) is 6.92 Å². The Kier molecular flexibility index (Phi) is 4.88. The molecule has 0 saturated carbocycles. The van der Waals surface area contributed by atoms with Crippen LogP contribution in [-0.2, 0) is 21.1 Å². The lowest BCUT2D eigenvalue weighted by atomic mass is 11.0. The van der Waals surface area contributed by atoms with Crippen LogP contribution < -0.4 is 0 Å². The second kappa shape index (κ2) is 4.18. The molecule has 6 heavy (non-hydrogen) atoms. The number of rotatable bonds is 0. The number of hydrogen-bond donors (Lipinski definition) is 1. The maximum Gasteiger partial charge on any atom is 0.0561 e. The standard InChI is InChI=1S/C2H4S4/c1-2(5-3)6-4/h3H,1H3. The number of thiol groups is 1. The molecule has 0 aliphatic carbocycles. The van der Waals surface area contributed by atoms with E-state index in [0.717, 1.165) is 4.20 Å². The summed E-state index contributed by atoms with van der Waals surface area (Å²) in [7, 11) is 2.71. The third kappa shape index (κ3) is 3.21. The molecule has 0 aromatic carbocycles. The predicted molar refractivity (Wildman–Crippen MR) is 42.0 cm³/mol. The third-order valence-corrected chi connectivity index (χ3v) is 3.50. The highest BCUT2D eigenvalue weighted by Crippen LogP contribution is 2.04. The van der Waals surface area contributed by atoms with Crippen LogP contribution in [0.5, 0.6) is 0 Å². The van der Waals surface area contributed by atoms with Crippen molar-refractivity contribution in [2.75, 3.05) is 0 Å². The van der Waals surface area contributed by atoms with E-state index in [9.17, 15) is 0 Å². The van der Waals surface area contributed by atoms with E-state index >= 15 is 0 Å². The van der Waals surface area contributed by atoms with E-state index in [1.165, 1.54) is 20.7 Å². The average molecular weight is 156 g/mol. The van der Waals surface area contributed by atoms with Gasteiger partial charge in [0, 0.05) is 0 Å². The van der Waals surface area contributed by atoms with Crippen molar-refractivity contribution in [3.8, 4) is 0 Å². The smallest absolute Gasteiger partial charge is 0.0561 e. The summed E-state index contributed by atoms with van der Waals surface area (Å²) < 4.78 is 1.10. The first-order chi connectivity index (χ1) is 2.81. The van der Waals surface area contributed by atoms with Crippen LogP contribution in [0, 0.1) is 0 Å². The molecule has 0 aliphatic rings. The quantitative estimate of drug-likeness (QED) is 0.318. The van der Waals surface area contributed by atoms with Crippen molar-refractivity contribution < 1.29 is 0 Å². The largest absolute Gasteiger partial charge is 0.106 e. The SMILES string of the molecule is CC(SS)=S=S. The molecule has 0 N–H and O–H groups in total. The molecule has 0 radical (unpaired) electrons. The molecule has 0 rings (SSSR count). The monoisotopic (exact) mass is 156 g/mol. The zero-order chi connectivity index (χ0) is 4.99. The van der Waals surface area contributed by atoms with Crippen molar-refractivity contribution in [3.63, 3.8) is 0 Å². The molecule has 0 fully saturated rings. The Labute approximate surface area is 54.7 Å². The first-order valence-corrected chi connectivity index (χ1v) is 4.87. The van der Waals surface area contributed by atoms with Crippen LogP contribution in [0.3, 0.4) is 0 Å². The van der Waals surface area contributed by atoms with Gasteiger partial charge in [-0.3, -0.25) is 0 Å². The lowest BCUT2D eigenvalue weighted by Gasteiger charge is -1.77. The molecule has 0 spiro atoms. The lowest BCUT2D eigenvalue weighted by Crippen LogP contribution is -1.70. The van der Waals surface area contributed by atoms with E-state index in [1.54, 1.807) is 0 Å². The fraction of sp³-hybridized carbons (Fsp3) is 0.500. The van der Waals surface area contributed by atoms with Gasteiger partial charge in [0.15, 0.2) is 0 Å². The second-order valence-electron chi connectivity index (χ2n) is 0.666. The van der Waals surface area contributed by atoms with Gasteiger partial charge in [-0.25, -0.2) is 0 Å². The van der Waals surface area contributed by atoms with Gasteiger partial charge < -0.3 is 0 Å². The van der Waals surface area contributed by atoms with Crippen LogP contribution in [-0.4, -0.2) is 4.20 Å². The highest BCUT2D eigenvalue weighted by Gasteiger charge is 1.75. The topological polar surface area (TPSA) is 0 Å². The minimum absolute atomic E-state index is 1.10. The zero-order valence-electron chi connectivity index (χ0n) is 3.17. The molecule has 0 unspecified atom stereocenters. The molecule has 0 saturated heterocycles. The van der Waals surface area contributed by atoms with Gasteiger partial charge in [0.2, 0.25) is 0 Å². The maximum atomic E-state index is 4.58. The molecule has 0 aliphatic heterocycles. The summed E-state index contributed by atoms with van der Waals surface area (Å²) in [6.45, 7) is 1.94. The van der Waals surface area contributed by atoms with E-state index in [-0.39, 0.29) is 0 Å². The maximum absolute atomic E-state index is 4.58. The van der Waals surface area contributed by atoms with Crippen LogP contribution >= 0.6 is 22.5 Å². The Morgan fingerprint density at radius 2 is 2.33 bits per heavy atom. The van der Waals surface area contributed by atoms with Crippen molar-refractivity contribution in [1.29, 1.82) is 0 Å². The Hall–Kier alpha value is 1.01. The summed E-state index contributed by atoms with van der Waals surface area (Å²) >= 11 is 8.47. The molecule has 0 heterocycles. The van der Waals surface area contributed by atoms with Gasteiger partial charge in [-0.05, 0) is 18.1 Å². The van der Waals surface area contributed by atoms with Crippen LogP contribution in [0.1, 0.15) is 6.92 Å². The Morgan fingerprint density at radius 3 is 2.33 bits per heavy atom. The van der Waals surface area contributed by atoms with E-state index in [1.807, 2.05) is 6.92 Å². The molecule has 4 heteroatoms. The Bertz CT molecular complexity index is 79.5. The highest BCUT2D eigenvalue weighted by molar-refractivity contribution is 8.77. The zero-order valence-corrected chi connectivity index (χ0v) is 6.52. The molecule has 0 aromatic heterocycles. The number of hydrogen-bond acceptors (Lipinski definition) is 3. The third-order valence-electron chi connectivity index (χ3n) is 0.246. The Balaban J connectivity index is 3.52. The minimum Gasteiger partial charge on any atom is -0.106 e. The Morgan fingerprint density at radius 1 is 1.83 bits per heavy atom. The summed E-state index contributed by atoms with van der Waals surface area (Å²) in [6.07, 6.45) is 0. The molecular formula is C2H4S4. The summed E-state index contributed by atoms with van der Waals surface area (Å²) in [6, 6.07) is 0. The second-order valence-corrected chi connectivity index (χ2v) is 3.55. The van der Waals surface area contributed by atoms with Gasteiger partial charge in [-0.15, -0.1) is 11.7 Å². The van der Waals surface area contributed by atoms with E-state index < -0.39 is 0 Å². The average Bonchev–Trinajstić information content (AvgIpc) is 1.65. The summed E-state index contributed by atoms with van der Waals surface area (Å²) in [5.74, 6) is 0. The molecule has 0 bridgehead atoms. The van der Waals surface area contributed by atoms with E-state index in [2.05, 4.69) is 22.8 Å². The highest BCUT2D eigenvalue weighted by atomic mass is 33.1. The first-order valence-electron chi connectivity index (χ1n) is 1.26. The van der Waals surface area contributed by atoms with Crippen molar-refractivity contribution >= 4 is 47.7 Å². The molecule has 0 amide bonds. The molecule has 0 atom stereocenters. The van der Waals surface area contributed by atoms with Gasteiger partial charge in [-0.1, -0.05) is 20.7 Å². The van der Waals surface area contributed by atoms with E-state index in [0.29, 0.717) is 0 Å². The first kappa shape index (κ1) is 7.01. The normalized spacial score (nSPS) is 7.67. The van der Waals surface area contributed by atoms with Crippen LogP contribution in [0.2, 0.25) is 0 Å². The van der Waals surface area contributed by atoms with Crippen molar-refractivity contribution in [1.82, 2.24) is 0 Å². The van der Waals surface area contributed by atoms with Crippen LogP contribution in [0.4, 0.5) is 0 Å². The fourth-order valence-corrected chi connectivity index (χ4v) is 1.23. The van der Waals surface area contributed by atoms with Crippen LogP contribution in [0.15, 0.2) is 0 Å². The molecular weight excluding hydrogens is 152 g/mol. The van der Waals surface area contributed by atoms with Gasteiger partial charge in [0.05, 0.1) is 4.20 Å². The van der Waals surface area contributed by atoms with E-state index in [4.69, 9.17) is 0 Å². The minimum atomic E-state index is 1.10. The lowest BCUT2D eigenvalue weighted by molar-refractivity contribution is 2.12. The van der Waals surface area contributed by atoms with Gasteiger partial charge >= 0.3 is 0 Å². The van der Waals surface area contributed by atoms with Gasteiger partial charge in [0.25, 0.3) is 0 Å².